The van der Waals surface area contributed by atoms with Crippen molar-refractivity contribution in [3.05, 3.63) is 18.5 Å². The minimum atomic E-state index is -3.59. The fraction of sp³-hybridized carbons (Fsp3) is 0.545. The minimum Gasteiger partial charge on any atom is -0.398 e. The van der Waals surface area contributed by atoms with Crippen LogP contribution >= 0.6 is 0 Å². The second-order valence-electron chi connectivity index (χ2n) is 4.49. The maximum Gasteiger partial charge on any atom is 0.246 e. The molecule has 1 saturated heterocycles. The summed E-state index contributed by atoms with van der Waals surface area (Å²) in [4.78, 5) is 3.89. The van der Waals surface area contributed by atoms with Gasteiger partial charge in [0.25, 0.3) is 0 Å². The molecule has 2 atom stereocenters. The van der Waals surface area contributed by atoms with Gasteiger partial charge in [0.2, 0.25) is 10.0 Å². The molecule has 18 heavy (non-hydrogen) atoms. The first-order chi connectivity index (χ1) is 8.41. The number of hydrogen-bond acceptors (Lipinski definition) is 5. The summed E-state index contributed by atoms with van der Waals surface area (Å²) in [5.74, 6) is 0. The molecule has 7 heteroatoms. The van der Waals surface area contributed by atoms with Crippen molar-refractivity contribution in [1.29, 1.82) is 0 Å². The lowest BCUT2D eigenvalue weighted by Crippen LogP contribution is -2.48. The Kier molecular flexibility index (Phi) is 3.56. The summed E-state index contributed by atoms with van der Waals surface area (Å²) in [6.45, 7) is 4.37. The summed E-state index contributed by atoms with van der Waals surface area (Å²) in [5.41, 5.74) is 5.92. The Hall–Kier alpha value is -1.18. The predicted molar refractivity (Wildman–Crippen MR) is 67.4 cm³/mol. The van der Waals surface area contributed by atoms with Crippen LogP contribution in [0.1, 0.15) is 13.8 Å². The van der Waals surface area contributed by atoms with E-state index in [9.17, 15) is 8.42 Å². The topological polar surface area (TPSA) is 85.5 Å². The van der Waals surface area contributed by atoms with Crippen LogP contribution in [0.15, 0.2) is 23.4 Å². The van der Waals surface area contributed by atoms with Crippen molar-refractivity contribution >= 4 is 15.7 Å². The number of nitrogens with zero attached hydrogens (tertiary/aromatic N) is 2. The van der Waals surface area contributed by atoms with Crippen molar-refractivity contribution in [2.24, 2.45) is 0 Å². The zero-order valence-corrected chi connectivity index (χ0v) is 11.2. The van der Waals surface area contributed by atoms with Gasteiger partial charge in [-0.1, -0.05) is 0 Å². The molecule has 0 aliphatic carbocycles. The van der Waals surface area contributed by atoms with Crippen LogP contribution in [-0.4, -0.2) is 43.0 Å². The quantitative estimate of drug-likeness (QED) is 0.844. The molecule has 0 saturated carbocycles. The smallest absolute Gasteiger partial charge is 0.246 e. The largest absolute Gasteiger partial charge is 0.398 e. The van der Waals surface area contributed by atoms with Gasteiger partial charge in [0, 0.05) is 25.5 Å². The van der Waals surface area contributed by atoms with E-state index in [-0.39, 0.29) is 22.8 Å². The molecule has 0 spiro atoms. The van der Waals surface area contributed by atoms with Gasteiger partial charge in [0.1, 0.15) is 4.90 Å². The number of aromatic nitrogens is 1. The minimum absolute atomic E-state index is 0.0614. The van der Waals surface area contributed by atoms with Crippen LogP contribution in [0.2, 0.25) is 0 Å². The molecule has 1 aliphatic heterocycles. The van der Waals surface area contributed by atoms with Crippen LogP contribution in [0.3, 0.4) is 0 Å². The Bertz CT molecular complexity index is 522. The highest BCUT2D eigenvalue weighted by atomic mass is 32.2. The van der Waals surface area contributed by atoms with E-state index < -0.39 is 10.0 Å². The normalized spacial score (nSPS) is 26.1. The number of nitrogens with two attached hydrogens (primary N) is 1. The van der Waals surface area contributed by atoms with E-state index in [1.54, 1.807) is 0 Å². The molecule has 6 nitrogen and oxygen atoms in total. The molecule has 1 fully saturated rings. The highest BCUT2D eigenvalue weighted by molar-refractivity contribution is 7.89. The van der Waals surface area contributed by atoms with Gasteiger partial charge >= 0.3 is 0 Å². The third kappa shape index (κ3) is 2.47. The number of rotatable bonds is 2. The van der Waals surface area contributed by atoms with Gasteiger partial charge in [-0.25, -0.2) is 8.42 Å². The van der Waals surface area contributed by atoms with Crippen LogP contribution in [0.5, 0.6) is 0 Å². The van der Waals surface area contributed by atoms with E-state index in [1.807, 2.05) is 13.8 Å². The average Bonchev–Trinajstić information content (AvgIpc) is 2.28. The number of pyridine rings is 1. The summed E-state index contributed by atoms with van der Waals surface area (Å²) < 4.78 is 31.8. The van der Waals surface area contributed by atoms with Crippen LogP contribution in [0.25, 0.3) is 0 Å². The van der Waals surface area contributed by atoms with Gasteiger partial charge in [0.15, 0.2) is 0 Å². The summed E-state index contributed by atoms with van der Waals surface area (Å²) in [5, 5.41) is 0. The van der Waals surface area contributed by atoms with Crippen molar-refractivity contribution in [2.45, 2.75) is 31.0 Å². The Morgan fingerprint density at radius 1 is 1.39 bits per heavy atom. The molecule has 0 bridgehead atoms. The molecule has 2 N–H and O–H groups in total. The molecular formula is C11H17N3O3S. The van der Waals surface area contributed by atoms with Crippen molar-refractivity contribution in [2.75, 3.05) is 18.8 Å². The molecule has 1 aromatic rings. The third-order valence-corrected chi connectivity index (χ3v) is 4.70. The lowest BCUT2D eigenvalue weighted by atomic mass is 10.3. The third-order valence-electron chi connectivity index (χ3n) is 2.82. The number of nitrogen functional groups attached to an aromatic ring is 1. The molecular weight excluding hydrogens is 254 g/mol. The molecule has 0 unspecified atom stereocenters. The van der Waals surface area contributed by atoms with Crippen molar-refractivity contribution < 1.29 is 13.2 Å². The summed E-state index contributed by atoms with van der Waals surface area (Å²) >= 11 is 0. The molecule has 2 heterocycles. The number of ether oxygens (including phenoxy) is 1. The first kappa shape index (κ1) is 13.3. The maximum absolute atomic E-state index is 12.4. The van der Waals surface area contributed by atoms with Crippen molar-refractivity contribution in [1.82, 2.24) is 9.29 Å². The summed E-state index contributed by atoms with van der Waals surface area (Å²) in [6, 6.07) is 1.49. The van der Waals surface area contributed by atoms with Crippen molar-refractivity contribution in [3.8, 4) is 0 Å². The van der Waals surface area contributed by atoms with E-state index in [4.69, 9.17) is 10.5 Å². The number of sulfonamides is 1. The Labute approximate surface area is 107 Å². The van der Waals surface area contributed by atoms with Gasteiger partial charge in [-0.2, -0.15) is 4.31 Å². The number of hydrogen-bond donors (Lipinski definition) is 1. The van der Waals surface area contributed by atoms with E-state index in [0.717, 1.165) is 0 Å². The zero-order valence-electron chi connectivity index (χ0n) is 10.4. The van der Waals surface area contributed by atoms with Crippen LogP contribution in [0.4, 0.5) is 5.69 Å². The number of anilines is 1. The van der Waals surface area contributed by atoms with Gasteiger partial charge in [-0.3, -0.25) is 4.98 Å². The van der Waals surface area contributed by atoms with E-state index in [1.165, 1.54) is 22.8 Å². The maximum atomic E-state index is 12.4. The Morgan fingerprint density at radius 3 is 2.56 bits per heavy atom. The standard InChI is InChI=1S/C11H17N3O3S/c1-8-6-14(7-9(2)17-8)18(15,16)11-5-13-4-3-10(11)12/h3-5,8-9H,6-7H2,1-2H3,(H2,12,13)/t8-,9+. The van der Waals surface area contributed by atoms with Gasteiger partial charge in [-0.15, -0.1) is 0 Å². The Morgan fingerprint density at radius 2 is 2.00 bits per heavy atom. The van der Waals surface area contributed by atoms with E-state index in [2.05, 4.69) is 4.98 Å². The van der Waals surface area contributed by atoms with Gasteiger partial charge in [0.05, 0.1) is 17.9 Å². The van der Waals surface area contributed by atoms with E-state index in [0.29, 0.717) is 13.1 Å². The summed E-state index contributed by atoms with van der Waals surface area (Å²) in [7, 11) is -3.59. The molecule has 100 valence electrons. The number of morpholine rings is 1. The monoisotopic (exact) mass is 271 g/mol. The van der Waals surface area contributed by atoms with E-state index >= 15 is 0 Å². The fourth-order valence-electron chi connectivity index (χ4n) is 2.07. The van der Waals surface area contributed by atoms with Crippen molar-refractivity contribution in [3.63, 3.8) is 0 Å². The van der Waals surface area contributed by atoms with Crippen LogP contribution in [0, 0.1) is 0 Å². The first-order valence-electron chi connectivity index (χ1n) is 5.76. The average molecular weight is 271 g/mol. The lowest BCUT2D eigenvalue weighted by Gasteiger charge is -2.34. The highest BCUT2D eigenvalue weighted by Crippen LogP contribution is 2.24. The molecule has 1 aliphatic rings. The molecule has 1 aromatic heterocycles. The van der Waals surface area contributed by atoms with Gasteiger partial charge in [-0.05, 0) is 19.9 Å². The Balaban J connectivity index is 2.34. The second-order valence-corrected chi connectivity index (χ2v) is 6.40. The zero-order chi connectivity index (χ0) is 13.3. The molecule has 0 aromatic carbocycles. The molecule has 2 rings (SSSR count). The first-order valence-corrected chi connectivity index (χ1v) is 7.20. The SMILES string of the molecule is C[C@@H]1CN(S(=O)(=O)c2cnccc2N)C[C@H](C)O1. The summed E-state index contributed by atoms with van der Waals surface area (Å²) in [6.07, 6.45) is 2.51. The highest BCUT2D eigenvalue weighted by Gasteiger charge is 2.33. The molecule has 0 radical (unpaired) electrons. The predicted octanol–water partition coefficient (Wildman–Crippen LogP) is 0.462. The van der Waals surface area contributed by atoms with Crippen LogP contribution in [-0.2, 0) is 14.8 Å². The second kappa shape index (κ2) is 4.83. The molecule has 0 amide bonds. The van der Waals surface area contributed by atoms with Crippen LogP contribution < -0.4 is 5.73 Å². The fourth-order valence-corrected chi connectivity index (χ4v) is 3.72. The lowest BCUT2D eigenvalue weighted by molar-refractivity contribution is -0.0440. The van der Waals surface area contributed by atoms with Gasteiger partial charge < -0.3 is 10.5 Å².